The van der Waals surface area contributed by atoms with Crippen LogP contribution < -0.4 is 5.32 Å². The number of carbonyl (C=O) groups is 1. The van der Waals surface area contributed by atoms with Crippen molar-refractivity contribution < 1.29 is 9.90 Å². The number of rotatable bonds is 8. The second-order valence-electron chi connectivity index (χ2n) is 3.98. The van der Waals surface area contributed by atoms with Gasteiger partial charge < -0.3 is 10.4 Å². The molecule has 0 bridgehead atoms. The average Bonchev–Trinajstić information content (AvgIpc) is 2.76. The van der Waals surface area contributed by atoms with Crippen molar-refractivity contribution in [3.63, 3.8) is 0 Å². The number of likely N-dealkylation sites (N-methyl/N-ethyl adjacent to an activating group) is 1. The summed E-state index contributed by atoms with van der Waals surface area (Å²) in [5.41, 5.74) is 1.12. The molecule has 6 nitrogen and oxygen atoms in total. The van der Waals surface area contributed by atoms with Crippen molar-refractivity contribution in [2.45, 2.75) is 52.6 Å². The van der Waals surface area contributed by atoms with E-state index in [1.54, 1.807) is 13.2 Å². The van der Waals surface area contributed by atoms with Gasteiger partial charge in [0, 0.05) is 6.54 Å². The Kier molecular flexibility index (Phi) is 7.94. The van der Waals surface area contributed by atoms with Crippen LogP contribution in [-0.2, 0) is 17.8 Å². The van der Waals surface area contributed by atoms with Crippen LogP contribution in [0, 0.1) is 0 Å². The highest BCUT2D eigenvalue weighted by Crippen LogP contribution is 2.05. The van der Waals surface area contributed by atoms with Gasteiger partial charge in [-0.1, -0.05) is 19.6 Å². The Morgan fingerprint density at radius 2 is 2.28 bits per heavy atom. The first kappa shape index (κ1) is 16.6. The van der Waals surface area contributed by atoms with Gasteiger partial charge in [-0.3, -0.25) is 4.79 Å². The second-order valence-corrected chi connectivity index (χ2v) is 3.98. The van der Waals surface area contributed by atoms with Gasteiger partial charge in [0.25, 0.3) is 0 Å². The number of aryl methyl sites for hydroxylation is 2. The first-order valence-corrected chi connectivity index (χ1v) is 5.96. The zero-order valence-electron chi connectivity index (χ0n) is 10.4. The van der Waals surface area contributed by atoms with E-state index >= 15 is 0 Å². The monoisotopic (exact) mass is 256 g/mol. The van der Waals surface area contributed by atoms with Crippen LogP contribution in [0.15, 0.2) is 6.20 Å². The fraction of sp³-hybridized carbons (Fsp3) is 0.750. The molecule has 1 rings (SSSR count). The minimum atomic E-state index is -0.789. The normalized spacial score (nSPS) is 11.9. The molecule has 0 spiro atoms. The van der Waals surface area contributed by atoms with Crippen LogP contribution in [0.4, 0.5) is 0 Å². The van der Waals surface area contributed by atoms with E-state index in [4.69, 9.17) is 5.11 Å². The van der Waals surface area contributed by atoms with Gasteiger partial charge in [-0.15, -0.1) is 5.10 Å². The first-order valence-electron chi connectivity index (χ1n) is 5.96. The van der Waals surface area contributed by atoms with E-state index in [1.165, 1.54) is 0 Å². The van der Waals surface area contributed by atoms with E-state index < -0.39 is 12.0 Å². The minimum Gasteiger partial charge on any atom is -0.480 e. The molecule has 1 atom stereocenters. The fourth-order valence-corrected chi connectivity index (χ4v) is 1.74. The lowest BCUT2D eigenvalue weighted by atomic mass is 10.1. The lowest BCUT2D eigenvalue weighted by Crippen LogP contribution is -2.33. The van der Waals surface area contributed by atoms with Crippen LogP contribution in [0.5, 0.6) is 0 Å². The lowest BCUT2D eigenvalue weighted by molar-refractivity contribution is -0.139. The SMILES string of the molecule is C.CCc1cnnn1CCCCC(NC)C(=O)O. The minimum absolute atomic E-state index is 0. The van der Waals surface area contributed by atoms with Crippen LogP contribution in [-0.4, -0.2) is 39.2 Å². The van der Waals surface area contributed by atoms with Crippen molar-refractivity contribution in [2.75, 3.05) is 7.05 Å². The maximum absolute atomic E-state index is 10.8. The van der Waals surface area contributed by atoms with Crippen molar-refractivity contribution in [1.82, 2.24) is 20.3 Å². The summed E-state index contributed by atoms with van der Waals surface area (Å²) in [5.74, 6) is -0.789. The quantitative estimate of drug-likeness (QED) is 0.686. The molecule has 104 valence electrons. The Morgan fingerprint density at radius 1 is 1.56 bits per heavy atom. The third kappa shape index (κ3) is 4.83. The largest absolute Gasteiger partial charge is 0.480 e. The van der Waals surface area contributed by atoms with E-state index in [0.717, 1.165) is 31.5 Å². The third-order valence-electron chi connectivity index (χ3n) is 2.82. The Balaban J connectivity index is 0.00000289. The summed E-state index contributed by atoms with van der Waals surface area (Å²) < 4.78 is 1.88. The molecular formula is C12H24N4O2. The zero-order valence-corrected chi connectivity index (χ0v) is 10.4. The number of aromatic nitrogens is 3. The maximum Gasteiger partial charge on any atom is 0.320 e. The van der Waals surface area contributed by atoms with Crippen LogP contribution >= 0.6 is 0 Å². The Morgan fingerprint density at radius 3 is 2.83 bits per heavy atom. The molecule has 18 heavy (non-hydrogen) atoms. The van der Waals surface area contributed by atoms with E-state index in [1.807, 2.05) is 4.68 Å². The van der Waals surface area contributed by atoms with Crippen LogP contribution in [0.3, 0.4) is 0 Å². The molecule has 6 heteroatoms. The number of aliphatic carboxylic acids is 1. The Hall–Kier alpha value is -1.43. The molecule has 1 heterocycles. The maximum atomic E-state index is 10.8. The standard InChI is InChI=1S/C11H20N4O2.CH4/c1-3-9-8-13-14-15(9)7-5-4-6-10(12-2)11(16)17;/h8,10,12H,3-7H2,1-2H3,(H,16,17);1H4. The summed E-state index contributed by atoms with van der Waals surface area (Å²) in [4.78, 5) is 10.8. The number of hydrogen-bond donors (Lipinski definition) is 2. The molecule has 0 aliphatic heterocycles. The summed E-state index contributed by atoms with van der Waals surface area (Å²) in [6, 6.07) is -0.448. The number of unbranched alkanes of at least 4 members (excludes halogenated alkanes) is 1. The molecule has 2 N–H and O–H groups in total. The Bertz CT molecular complexity index is 352. The molecule has 0 aromatic carbocycles. The molecule has 0 aliphatic rings. The van der Waals surface area contributed by atoms with Crippen molar-refractivity contribution in [3.8, 4) is 0 Å². The van der Waals surface area contributed by atoms with Crippen LogP contribution in [0.25, 0.3) is 0 Å². The highest BCUT2D eigenvalue weighted by Gasteiger charge is 2.13. The van der Waals surface area contributed by atoms with Gasteiger partial charge in [-0.25, -0.2) is 4.68 Å². The van der Waals surface area contributed by atoms with E-state index in [0.29, 0.717) is 6.42 Å². The van der Waals surface area contributed by atoms with Crippen molar-refractivity contribution >= 4 is 5.97 Å². The molecule has 0 radical (unpaired) electrons. The number of nitrogens with one attached hydrogen (secondary N) is 1. The predicted molar refractivity (Wildman–Crippen MR) is 70.5 cm³/mol. The third-order valence-corrected chi connectivity index (χ3v) is 2.82. The summed E-state index contributed by atoms with van der Waals surface area (Å²) in [5, 5.41) is 19.5. The number of hydrogen-bond acceptors (Lipinski definition) is 4. The molecule has 0 saturated heterocycles. The number of carboxylic acids is 1. The van der Waals surface area contributed by atoms with Gasteiger partial charge in [0.2, 0.25) is 0 Å². The highest BCUT2D eigenvalue weighted by atomic mass is 16.4. The van der Waals surface area contributed by atoms with Gasteiger partial charge in [0.05, 0.1) is 11.9 Å². The molecule has 0 fully saturated rings. The molecule has 0 amide bonds. The van der Waals surface area contributed by atoms with E-state index in [-0.39, 0.29) is 7.43 Å². The zero-order chi connectivity index (χ0) is 12.7. The van der Waals surface area contributed by atoms with Gasteiger partial charge in [-0.05, 0) is 32.7 Å². The summed E-state index contributed by atoms with van der Waals surface area (Å²) in [6.45, 7) is 2.87. The smallest absolute Gasteiger partial charge is 0.320 e. The Labute approximate surface area is 108 Å². The number of nitrogens with zero attached hydrogens (tertiary/aromatic N) is 3. The summed E-state index contributed by atoms with van der Waals surface area (Å²) in [7, 11) is 1.67. The van der Waals surface area contributed by atoms with Gasteiger partial charge in [0.15, 0.2) is 0 Å². The number of carboxylic acid groups (broad SMARTS) is 1. The van der Waals surface area contributed by atoms with Gasteiger partial charge in [-0.2, -0.15) is 0 Å². The molecule has 0 aliphatic carbocycles. The van der Waals surface area contributed by atoms with Crippen LogP contribution in [0.1, 0.15) is 39.3 Å². The average molecular weight is 256 g/mol. The summed E-state index contributed by atoms with van der Waals surface area (Å²) in [6.07, 6.45) is 5.11. The topological polar surface area (TPSA) is 80.0 Å². The molecule has 1 aromatic heterocycles. The van der Waals surface area contributed by atoms with Crippen molar-refractivity contribution in [1.29, 1.82) is 0 Å². The van der Waals surface area contributed by atoms with Crippen LogP contribution in [0.2, 0.25) is 0 Å². The molecule has 1 unspecified atom stereocenters. The lowest BCUT2D eigenvalue weighted by Gasteiger charge is -2.10. The van der Waals surface area contributed by atoms with Crippen molar-refractivity contribution in [3.05, 3.63) is 11.9 Å². The molecular weight excluding hydrogens is 232 g/mol. The van der Waals surface area contributed by atoms with E-state index in [2.05, 4.69) is 22.6 Å². The van der Waals surface area contributed by atoms with Gasteiger partial charge >= 0.3 is 5.97 Å². The second kappa shape index (κ2) is 8.63. The first-order chi connectivity index (χ1) is 8.19. The predicted octanol–water partition coefficient (Wildman–Crippen LogP) is 1.32. The fourth-order valence-electron chi connectivity index (χ4n) is 1.74. The molecule has 0 saturated carbocycles. The van der Waals surface area contributed by atoms with Gasteiger partial charge in [0.1, 0.15) is 6.04 Å². The highest BCUT2D eigenvalue weighted by molar-refractivity contribution is 5.73. The van der Waals surface area contributed by atoms with Crippen molar-refractivity contribution in [2.24, 2.45) is 0 Å². The summed E-state index contributed by atoms with van der Waals surface area (Å²) >= 11 is 0. The van der Waals surface area contributed by atoms with E-state index in [9.17, 15) is 4.79 Å². The molecule has 1 aromatic rings.